The van der Waals surface area contributed by atoms with E-state index >= 15 is 0 Å². The predicted molar refractivity (Wildman–Crippen MR) is 55.1 cm³/mol. The fraction of sp³-hybridized carbons (Fsp3) is 0.375. The molecule has 0 aliphatic rings. The highest BCUT2D eigenvalue weighted by Gasteiger charge is 2.33. The van der Waals surface area contributed by atoms with Crippen molar-refractivity contribution in [1.82, 2.24) is 0 Å². The molecule has 4 nitrogen and oxygen atoms in total. The van der Waals surface area contributed by atoms with Crippen LogP contribution in [-0.2, 0) is 23.3 Å². The second-order valence-corrected chi connectivity index (χ2v) is 4.94. The number of hydrogen-bond acceptors (Lipinski definition) is 2. The Morgan fingerprint density at radius 2 is 1.76 bits per heavy atom. The Labute approximate surface area is 101 Å². The molecular weight excluding hydrogens is 283 g/mol. The van der Waals surface area contributed by atoms with E-state index in [1.165, 1.54) is 17.7 Å². The van der Waals surface area contributed by atoms with Crippen molar-refractivity contribution in [3.8, 4) is 0 Å². The van der Waals surface area contributed by atoms with E-state index in [2.05, 4.69) is 0 Å². The third-order valence-corrected chi connectivity index (χ3v) is 1.79. The van der Waals surface area contributed by atoms with Crippen molar-refractivity contribution in [3.05, 3.63) is 29.0 Å². The van der Waals surface area contributed by atoms with Crippen LogP contribution in [0.1, 0.15) is 5.56 Å². The molecule has 1 aromatic heterocycles. The number of pyridine rings is 1. The van der Waals surface area contributed by atoms with Crippen molar-refractivity contribution >= 4 is 21.7 Å². The summed E-state index contributed by atoms with van der Waals surface area (Å²) in [6.45, 7) is 0. The summed E-state index contributed by atoms with van der Waals surface area (Å²) in [5, 5.41) is 0.267. The van der Waals surface area contributed by atoms with E-state index in [-0.39, 0.29) is 5.15 Å². The molecule has 98 valence electrons. The van der Waals surface area contributed by atoms with E-state index in [4.69, 9.17) is 16.2 Å². The summed E-state index contributed by atoms with van der Waals surface area (Å²) in [5.41, 5.74) is -0.700. The van der Waals surface area contributed by atoms with E-state index in [9.17, 15) is 21.6 Å². The molecule has 0 radical (unpaired) electrons. The minimum absolute atomic E-state index is 0.267. The van der Waals surface area contributed by atoms with Gasteiger partial charge in [0.15, 0.2) is 6.20 Å². The van der Waals surface area contributed by atoms with Gasteiger partial charge >= 0.3 is 6.18 Å². The van der Waals surface area contributed by atoms with Crippen molar-refractivity contribution < 1.29 is 30.7 Å². The van der Waals surface area contributed by atoms with Crippen LogP contribution in [0, 0.1) is 0 Å². The van der Waals surface area contributed by atoms with Gasteiger partial charge in [0, 0.05) is 6.07 Å². The predicted octanol–water partition coefficient (Wildman–Crippen LogP) is 1.69. The number of aryl methyl sites for hydroxylation is 1. The van der Waals surface area contributed by atoms with Crippen molar-refractivity contribution in [2.75, 3.05) is 6.26 Å². The lowest BCUT2D eigenvalue weighted by molar-refractivity contribution is -0.670. The molecule has 0 saturated heterocycles. The maximum absolute atomic E-state index is 12.0. The standard InChI is InChI=1S/C7H6ClF3N.CH4O3S/c1-12-4-5(7(9,10)11)2-3-6(12)8;1-5(2,3)4/h2-4H,1H3;1H3,(H,2,3,4)/q+1;. The molecule has 0 fully saturated rings. The minimum atomic E-state index is -4.30. The van der Waals surface area contributed by atoms with Crippen molar-refractivity contribution in [1.29, 1.82) is 0 Å². The average molecular weight is 293 g/mol. The average Bonchev–Trinajstić information content (AvgIpc) is 2.04. The fourth-order valence-electron chi connectivity index (χ4n) is 0.757. The van der Waals surface area contributed by atoms with Gasteiger partial charge in [0.1, 0.15) is 12.6 Å². The molecule has 0 bridgehead atoms. The Balaban J connectivity index is 0.000000437. The second-order valence-electron chi connectivity index (χ2n) is 3.08. The molecule has 0 aliphatic heterocycles. The molecule has 9 heteroatoms. The number of rotatable bonds is 0. The second kappa shape index (κ2) is 5.65. The van der Waals surface area contributed by atoms with Gasteiger partial charge in [-0.1, -0.05) is 0 Å². The molecule has 0 aromatic carbocycles. The number of hydrogen-bond donors (Lipinski definition) is 1. The van der Waals surface area contributed by atoms with Crippen molar-refractivity contribution in [3.63, 3.8) is 0 Å². The normalized spacial score (nSPS) is 11.7. The summed E-state index contributed by atoms with van der Waals surface area (Å²) in [6, 6.07) is 2.16. The van der Waals surface area contributed by atoms with Gasteiger partial charge < -0.3 is 0 Å². The molecule has 0 unspecified atom stereocenters. The molecular formula is C8H10ClF3NO3S+. The summed E-state index contributed by atoms with van der Waals surface area (Å²) >= 11 is 5.53. The van der Waals surface area contributed by atoms with E-state index in [1.807, 2.05) is 0 Å². The van der Waals surface area contributed by atoms with Gasteiger partial charge in [-0.25, -0.2) is 0 Å². The summed E-state index contributed by atoms with van der Waals surface area (Å²) < 4.78 is 63.2. The third-order valence-electron chi connectivity index (χ3n) is 1.40. The third kappa shape index (κ3) is 7.94. The molecule has 0 amide bonds. The van der Waals surface area contributed by atoms with Crippen LogP contribution in [0.5, 0.6) is 0 Å². The van der Waals surface area contributed by atoms with Gasteiger partial charge in [-0.3, -0.25) is 4.55 Å². The van der Waals surface area contributed by atoms with Crippen LogP contribution in [0.2, 0.25) is 5.15 Å². The topological polar surface area (TPSA) is 58.3 Å². The summed E-state index contributed by atoms with van der Waals surface area (Å²) in [5.74, 6) is 0. The molecule has 1 aromatic rings. The van der Waals surface area contributed by atoms with Crippen LogP contribution in [0.15, 0.2) is 18.3 Å². The zero-order valence-corrected chi connectivity index (χ0v) is 10.4. The van der Waals surface area contributed by atoms with Crippen LogP contribution in [0.4, 0.5) is 13.2 Å². The van der Waals surface area contributed by atoms with Gasteiger partial charge in [0.05, 0.1) is 6.26 Å². The molecule has 0 saturated carbocycles. The van der Waals surface area contributed by atoms with Gasteiger partial charge in [0.25, 0.3) is 15.3 Å². The Hall–Kier alpha value is -0.860. The number of aromatic nitrogens is 1. The van der Waals surface area contributed by atoms with Crippen molar-refractivity contribution in [2.45, 2.75) is 6.18 Å². The monoisotopic (exact) mass is 292 g/mol. The Bertz CT molecular complexity index is 479. The lowest BCUT2D eigenvalue weighted by Gasteiger charge is -2.03. The van der Waals surface area contributed by atoms with Gasteiger partial charge in [-0.2, -0.15) is 26.2 Å². The first-order valence-electron chi connectivity index (χ1n) is 4.06. The first-order chi connectivity index (χ1) is 7.41. The maximum atomic E-state index is 12.0. The van der Waals surface area contributed by atoms with E-state index in [1.54, 1.807) is 0 Å². The minimum Gasteiger partial charge on any atom is -0.286 e. The zero-order chi connectivity index (χ0) is 13.9. The van der Waals surface area contributed by atoms with Crippen LogP contribution >= 0.6 is 11.6 Å². The number of halogens is 4. The lowest BCUT2D eigenvalue weighted by atomic mass is 10.3. The van der Waals surface area contributed by atoms with Gasteiger partial charge in [-0.05, 0) is 17.7 Å². The van der Waals surface area contributed by atoms with Crippen LogP contribution in [0.25, 0.3) is 0 Å². The Morgan fingerprint density at radius 3 is 2.06 bits per heavy atom. The van der Waals surface area contributed by atoms with Crippen LogP contribution in [-0.4, -0.2) is 19.2 Å². The largest absolute Gasteiger partial charge is 0.422 e. The maximum Gasteiger partial charge on any atom is 0.422 e. The fourth-order valence-corrected chi connectivity index (χ4v) is 0.869. The van der Waals surface area contributed by atoms with Crippen molar-refractivity contribution in [2.24, 2.45) is 7.05 Å². The Kier molecular flexibility index (Phi) is 5.37. The summed E-state index contributed by atoms with van der Waals surface area (Å²) in [7, 11) is -2.21. The molecule has 1 N–H and O–H groups in total. The SMILES string of the molecule is CS(=O)(=O)O.C[n+]1cc(C(F)(F)F)ccc1Cl. The molecule has 1 rings (SSSR count). The molecule has 17 heavy (non-hydrogen) atoms. The summed E-state index contributed by atoms with van der Waals surface area (Å²) in [4.78, 5) is 0. The zero-order valence-electron chi connectivity index (χ0n) is 8.86. The molecule has 0 aliphatic carbocycles. The quantitative estimate of drug-likeness (QED) is 0.450. The molecule has 0 atom stereocenters. The van der Waals surface area contributed by atoms with E-state index in [0.29, 0.717) is 6.26 Å². The van der Waals surface area contributed by atoms with Crippen LogP contribution in [0.3, 0.4) is 0 Å². The highest BCUT2D eigenvalue weighted by molar-refractivity contribution is 7.85. The highest BCUT2D eigenvalue weighted by atomic mass is 35.5. The first-order valence-corrected chi connectivity index (χ1v) is 6.28. The molecule has 0 spiro atoms. The highest BCUT2D eigenvalue weighted by Crippen LogP contribution is 2.28. The Morgan fingerprint density at radius 1 is 1.35 bits per heavy atom. The van der Waals surface area contributed by atoms with Crippen LogP contribution < -0.4 is 4.57 Å². The van der Waals surface area contributed by atoms with Gasteiger partial charge in [-0.15, -0.1) is 0 Å². The lowest BCUT2D eigenvalue weighted by Crippen LogP contribution is -2.30. The molecule has 1 heterocycles. The van der Waals surface area contributed by atoms with E-state index in [0.717, 1.165) is 12.3 Å². The number of alkyl halides is 3. The number of nitrogens with zero attached hydrogens (tertiary/aromatic N) is 1. The van der Waals surface area contributed by atoms with E-state index < -0.39 is 21.9 Å². The van der Waals surface area contributed by atoms with Gasteiger partial charge in [0.2, 0.25) is 0 Å². The first kappa shape index (κ1) is 16.1. The summed E-state index contributed by atoms with van der Waals surface area (Å²) in [6.07, 6.45) is -2.64. The smallest absolute Gasteiger partial charge is 0.286 e.